The molecule has 0 radical (unpaired) electrons. The van der Waals surface area contributed by atoms with E-state index in [9.17, 15) is 4.79 Å². The Bertz CT molecular complexity index is 952. The fourth-order valence-corrected chi connectivity index (χ4v) is 4.24. The van der Waals surface area contributed by atoms with E-state index in [2.05, 4.69) is 57.4 Å². The first-order chi connectivity index (χ1) is 14.2. The second kappa shape index (κ2) is 12.1. The van der Waals surface area contributed by atoms with Crippen molar-refractivity contribution in [2.75, 3.05) is 13.1 Å². The fourth-order valence-electron chi connectivity index (χ4n) is 4.24. The van der Waals surface area contributed by atoms with Crippen molar-refractivity contribution in [3.8, 4) is 0 Å². The molecule has 0 saturated carbocycles. The zero-order chi connectivity index (χ0) is 20.1. The van der Waals surface area contributed by atoms with E-state index in [1.807, 2.05) is 24.5 Å². The Kier molecular flexibility index (Phi) is 9.82. The number of piperidine rings is 1. The van der Waals surface area contributed by atoms with Gasteiger partial charge in [-0.15, -0.1) is 24.8 Å². The van der Waals surface area contributed by atoms with E-state index in [0.717, 1.165) is 36.2 Å². The Morgan fingerprint density at radius 3 is 2.52 bits per heavy atom. The first-order valence-corrected chi connectivity index (χ1v) is 10.6. The summed E-state index contributed by atoms with van der Waals surface area (Å²) >= 11 is 0. The zero-order valence-corrected chi connectivity index (χ0v) is 19.6. The average Bonchev–Trinajstić information content (AvgIpc) is 3.17. The molecule has 0 spiro atoms. The van der Waals surface area contributed by atoms with Gasteiger partial charge in [0, 0.05) is 19.5 Å². The van der Waals surface area contributed by atoms with Gasteiger partial charge >= 0.3 is 0 Å². The summed E-state index contributed by atoms with van der Waals surface area (Å²) in [6.45, 7) is 5.76. The normalized spacial score (nSPS) is 15.0. The van der Waals surface area contributed by atoms with Gasteiger partial charge in [0.15, 0.2) is 0 Å². The lowest BCUT2D eigenvalue weighted by atomic mass is 9.84. The zero-order valence-electron chi connectivity index (χ0n) is 17.9. The predicted molar refractivity (Wildman–Crippen MR) is 131 cm³/mol. The molecule has 31 heavy (non-hydrogen) atoms. The first kappa shape index (κ1) is 25.2. The van der Waals surface area contributed by atoms with Crippen LogP contribution in [-0.4, -0.2) is 28.5 Å². The van der Waals surface area contributed by atoms with Gasteiger partial charge in [0.25, 0.3) is 0 Å². The van der Waals surface area contributed by atoms with Crippen LogP contribution >= 0.6 is 24.8 Å². The molecule has 2 aromatic carbocycles. The van der Waals surface area contributed by atoms with Crippen LogP contribution in [0.15, 0.2) is 54.9 Å². The van der Waals surface area contributed by atoms with Crippen LogP contribution in [0.25, 0.3) is 11.0 Å². The molecule has 5 nitrogen and oxygen atoms in total. The largest absolute Gasteiger partial charge is 0.352 e. The third-order valence-corrected chi connectivity index (χ3v) is 6.09. The van der Waals surface area contributed by atoms with E-state index in [0.29, 0.717) is 24.8 Å². The van der Waals surface area contributed by atoms with Gasteiger partial charge in [0.05, 0.1) is 17.4 Å². The van der Waals surface area contributed by atoms with Crippen molar-refractivity contribution in [3.63, 3.8) is 0 Å². The summed E-state index contributed by atoms with van der Waals surface area (Å²) in [4.78, 5) is 16.8. The highest BCUT2D eigenvalue weighted by molar-refractivity contribution is 5.85. The number of carbonyl (C=O) groups excluding carboxylic acids is 1. The summed E-state index contributed by atoms with van der Waals surface area (Å²) in [6, 6.07) is 16.6. The molecule has 1 amide bonds. The van der Waals surface area contributed by atoms with Crippen molar-refractivity contribution in [1.82, 2.24) is 20.2 Å². The van der Waals surface area contributed by atoms with Gasteiger partial charge in [0.2, 0.25) is 5.91 Å². The number of fused-ring (bicyclic) bond motifs is 1. The minimum absolute atomic E-state index is 0. The summed E-state index contributed by atoms with van der Waals surface area (Å²) in [6.07, 6.45) is 4.88. The molecule has 4 rings (SSSR count). The van der Waals surface area contributed by atoms with E-state index in [4.69, 9.17) is 0 Å². The number of aromatic nitrogens is 2. The Morgan fingerprint density at radius 2 is 1.77 bits per heavy atom. The van der Waals surface area contributed by atoms with E-state index >= 15 is 0 Å². The number of carbonyl (C=O) groups is 1. The lowest BCUT2D eigenvalue weighted by molar-refractivity contribution is -0.122. The summed E-state index contributed by atoms with van der Waals surface area (Å²) in [7, 11) is 0. The van der Waals surface area contributed by atoms with Crippen LogP contribution in [0.1, 0.15) is 37.3 Å². The Hall–Kier alpha value is -2.08. The number of amides is 1. The third kappa shape index (κ3) is 6.70. The van der Waals surface area contributed by atoms with E-state index < -0.39 is 0 Å². The van der Waals surface area contributed by atoms with Gasteiger partial charge in [-0.1, -0.05) is 43.3 Å². The molecule has 1 fully saturated rings. The van der Waals surface area contributed by atoms with Crippen LogP contribution in [-0.2, 0) is 17.9 Å². The highest BCUT2D eigenvalue weighted by atomic mass is 35.5. The molecule has 1 unspecified atom stereocenters. The number of nitrogens with zero attached hydrogens (tertiary/aromatic N) is 2. The van der Waals surface area contributed by atoms with Crippen LogP contribution in [0.3, 0.4) is 0 Å². The topological polar surface area (TPSA) is 59.0 Å². The summed E-state index contributed by atoms with van der Waals surface area (Å²) in [5, 5.41) is 6.48. The van der Waals surface area contributed by atoms with Gasteiger partial charge in [-0.3, -0.25) is 4.79 Å². The second-order valence-corrected chi connectivity index (χ2v) is 8.22. The highest BCUT2D eigenvalue weighted by Crippen LogP contribution is 2.24. The first-order valence-electron chi connectivity index (χ1n) is 10.6. The number of rotatable bonds is 7. The molecule has 0 aliphatic carbocycles. The molecular formula is C24H32Cl2N4O. The van der Waals surface area contributed by atoms with Crippen molar-refractivity contribution in [2.24, 2.45) is 11.8 Å². The minimum Gasteiger partial charge on any atom is -0.352 e. The average molecular weight is 463 g/mol. The molecule has 1 saturated heterocycles. The summed E-state index contributed by atoms with van der Waals surface area (Å²) in [5.74, 6) is 1.27. The number of benzene rings is 2. The number of imidazole rings is 1. The standard InChI is InChI=1S/C24H30N4O.2ClH/c1-18(21-10-12-25-13-11-21)14-24(29)26-15-19-6-8-20(9-7-19)16-28-17-27-22-4-2-3-5-23(22)28;;/h2-9,17-18,21,25H,10-16H2,1H3,(H,26,29);2*1H. The summed E-state index contributed by atoms with van der Waals surface area (Å²) < 4.78 is 2.16. The molecule has 7 heteroatoms. The smallest absolute Gasteiger partial charge is 0.220 e. The van der Waals surface area contributed by atoms with E-state index in [1.165, 1.54) is 18.4 Å². The van der Waals surface area contributed by atoms with E-state index in [-0.39, 0.29) is 30.7 Å². The third-order valence-electron chi connectivity index (χ3n) is 6.09. The van der Waals surface area contributed by atoms with Gasteiger partial charge in [-0.25, -0.2) is 4.98 Å². The molecule has 1 atom stereocenters. The molecule has 0 bridgehead atoms. The van der Waals surface area contributed by atoms with Crippen molar-refractivity contribution < 1.29 is 4.79 Å². The second-order valence-electron chi connectivity index (χ2n) is 8.22. The van der Waals surface area contributed by atoms with Crippen LogP contribution in [0.2, 0.25) is 0 Å². The summed E-state index contributed by atoms with van der Waals surface area (Å²) in [5.41, 5.74) is 4.52. The lowest BCUT2D eigenvalue weighted by Crippen LogP contribution is -2.33. The van der Waals surface area contributed by atoms with Crippen molar-refractivity contribution in [2.45, 2.75) is 39.3 Å². The maximum Gasteiger partial charge on any atom is 0.220 e. The van der Waals surface area contributed by atoms with Crippen molar-refractivity contribution in [1.29, 1.82) is 0 Å². The van der Waals surface area contributed by atoms with Crippen LogP contribution in [0, 0.1) is 11.8 Å². The molecule has 2 N–H and O–H groups in total. The van der Waals surface area contributed by atoms with Crippen LogP contribution < -0.4 is 10.6 Å². The van der Waals surface area contributed by atoms with Gasteiger partial charge in [0.1, 0.15) is 0 Å². The molecule has 2 heterocycles. The molecule has 1 aliphatic rings. The molecule has 168 valence electrons. The van der Waals surface area contributed by atoms with Gasteiger partial charge in [-0.05, 0) is 61.0 Å². The van der Waals surface area contributed by atoms with Crippen LogP contribution in [0.5, 0.6) is 0 Å². The number of hydrogen-bond donors (Lipinski definition) is 2. The highest BCUT2D eigenvalue weighted by Gasteiger charge is 2.21. The Balaban J connectivity index is 0.00000171. The Labute approximate surface area is 196 Å². The van der Waals surface area contributed by atoms with Gasteiger partial charge in [-0.2, -0.15) is 0 Å². The van der Waals surface area contributed by atoms with Crippen LogP contribution in [0.4, 0.5) is 0 Å². The maximum absolute atomic E-state index is 12.3. The molecular weight excluding hydrogens is 431 g/mol. The molecule has 1 aromatic heterocycles. The monoisotopic (exact) mass is 462 g/mol. The number of hydrogen-bond acceptors (Lipinski definition) is 3. The van der Waals surface area contributed by atoms with Crippen molar-refractivity contribution >= 4 is 41.8 Å². The van der Waals surface area contributed by atoms with Crippen molar-refractivity contribution in [3.05, 3.63) is 66.0 Å². The van der Waals surface area contributed by atoms with E-state index in [1.54, 1.807) is 0 Å². The number of halogens is 2. The molecule has 3 aromatic rings. The lowest BCUT2D eigenvalue weighted by Gasteiger charge is -2.27. The maximum atomic E-state index is 12.3. The Morgan fingerprint density at radius 1 is 1.10 bits per heavy atom. The minimum atomic E-state index is 0. The SMILES string of the molecule is CC(CC(=O)NCc1ccc(Cn2cnc3ccccc32)cc1)C1CCNCC1.Cl.Cl. The number of nitrogens with one attached hydrogen (secondary N) is 2. The van der Waals surface area contributed by atoms with Gasteiger partial charge < -0.3 is 15.2 Å². The fraction of sp³-hybridized carbons (Fsp3) is 0.417. The predicted octanol–water partition coefficient (Wildman–Crippen LogP) is 4.57. The quantitative estimate of drug-likeness (QED) is 0.540. The number of para-hydroxylation sites is 2. The molecule has 1 aliphatic heterocycles.